The Balaban J connectivity index is 2.20. The summed E-state index contributed by atoms with van der Waals surface area (Å²) in [5.41, 5.74) is 1.64. The van der Waals surface area contributed by atoms with Crippen molar-refractivity contribution >= 4 is 11.9 Å². The number of benzene rings is 2. The van der Waals surface area contributed by atoms with Gasteiger partial charge in [0.25, 0.3) is 0 Å². The number of nitrogens with one attached hydrogen (secondary N) is 1. The summed E-state index contributed by atoms with van der Waals surface area (Å²) >= 11 is 0. The Bertz CT molecular complexity index is 772. The van der Waals surface area contributed by atoms with Crippen LogP contribution in [0.15, 0.2) is 54.6 Å². The zero-order valence-corrected chi connectivity index (χ0v) is 14.4. The van der Waals surface area contributed by atoms with Gasteiger partial charge in [0.2, 0.25) is 5.91 Å². The van der Waals surface area contributed by atoms with Gasteiger partial charge in [0, 0.05) is 6.54 Å². The number of hydrogen-bond donors (Lipinski definition) is 2. The van der Waals surface area contributed by atoms with E-state index in [0.29, 0.717) is 19.4 Å². The molecule has 3 rings (SSSR count). The first-order valence-electron chi connectivity index (χ1n) is 8.77. The van der Waals surface area contributed by atoms with Crippen molar-refractivity contribution in [2.24, 2.45) is 0 Å². The Hall–Kier alpha value is -2.62. The lowest BCUT2D eigenvalue weighted by Gasteiger charge is -2.40. The van der Waals surface area contributed by atoms with Crippen molar-refractivity contribution in [1.29, 1.82) is 0 Å². The third kappa shape index (κ3) is 2.93. The first-order chi connectivity index (χ1) is 12.1. The van der Waals surface area contributed by atoms with Crippen LogP contribution in [0.3, 0.4) is 0 Å². The number of hydrogen-bond acceptors (Lipinski definition) is 2. The van der Waals surface area contributed by atoms with Gasteiger partial charge in [-0.05, 0) is 36.0 Å². The third-order valence-electron chi connectivity index (χ3n) is 5.09. The maximum absolute atomic E-state index is 13.3. The summed E-state index contributed by atoms with van der Waals surface area (Å²) in [6, 6.07) is 17.2. The van der Waals surface area contributed by atoms with Crippen molar-refractivity contribution in [2.45, 2.75) is 37.5 Å². The highest BCUT2D eigenvalue weighted by Crippen LogP contribution is 2.47. The quantitative estimate of drug-likeness (QED) is 0.878. The molecule has 0 saturated carbocycles. The van der Waals surface area contributed by atoms with Crippen LogP contribution in [-0.2, 0) is 15.0 Å². The molecule has 0 radical (unpaired) electrons. The van der Waals surface area contributed by atoms with Crippen LogP contribution >= 0.6 is 0 Å². The Labute approximate surface area is 147 Å². The molecule has 130 valence electrons. The van der Waals surface area contributed by atoms with E-state index in [2.05, 4.69) is 5.32 Å². The fraction of sp³-hybridized carbons (Fsp3) is 0.333. The van der Waals surface area contributed by atoms with Crippen LogP contribution in [0.4, 0.5) is 0 Å². The highest BCUT2D eigenvalue weighted by atomic mass is 16.4. The lowest BCUT2D eigenvalue weighted by molar-refractivity contribution is -0.140. The molecule has 2 aromatic rings. The zero-order chi connectivity index (χ0) is 17.9. The fourth-order valence-corrected chi connectivity index (χ4v) is 3.88. The van der Waals surface area contributed by atoms with Gasteiger partial charge in [-0.2, -0.15) is 0 Å². The molecule has 2 aromatic carbocycles. The number of carbonyl (C=O) groups excluding carboxylic acids is 1. The van der Waals surface area contributed by atoms with Crippen molar-refractivity contribution in [2.75, 3.05) is 6.54 Å². The van der Waals surface area contributed by atoms with Crippen LogP contribution in [0, 0.1) is 0 Å². The Morgan fingerprint density at radius 2 is 1.80 bits per heavy atom. The maximum atomic E-state index is 13.3. The first-order valence-corrected chi connectivity index (χ1v) is 8.77. The van der Waals surface area contributed by atoms with Gasteiger partial charge in [-0.25, -0.2) is 0 Å². The minimum absolute atomic E-state index is 0.0446. The molecule has 0 bridgehead atoms. The van der Waals surface area contributed by atoms with Crippen molar-refractivity contribution in [3.05, 3.63) is 71.3 Å². The van der Waals surface area contributed by atoms with Crippen molar-refractivity contribution in [3.63, 3.8) is 0 Å². The van der Waals surface area contributed by atoms with Crippen LogP contribution in [0.1, 0.15) is 48.8 Å². The molecule has 2 N–H and O–H groups in total. The van der Waals surface area contributed by atoms with E-state index < -0.39 is 17.3 Å². The predicted octanol–water partition coefficient (Wildman–Crippen LogP) is 3.46. The number of carbonyl (C=O) groups is 2. The van der Waals surface area contributed by atoms with E-state index in [-0.39, 0.29) is 5.91 Å². The van der Waals surface area contributed by atoms with Gasteiger partial charge in [-0.1, -0.05) is 61.5 Å². The highest BCUT2D eigenvalue weighted by molar-refractivity contribution is 5.94. The minimum atomic E-state index is -0.834. The normalized spacial score (nSPS) is 22.0. The smallest absolute Gasteiger partial charge is 0.310 e. The molecule has 1 amide bonds. The second kappa shape index (κ2) is 7.09. The molecule has 2 unspecified atom stereocenters. The first kappa shape index (κ1) is 17.2. The molecular formula is C21H23NO3. The van der Waals surface area contributed by atoms with E-state index in [1.165, 1.54) is 0 Å². The average molecular weight is 337 g/mol. The lowest BCUT2D eigenvalue weighted by Crippen LogP contribution is -2.48. The third-order valence-corrected chi connectivity index (χ3v) is 5.09. The zero-order valence-electron chi connectivity index (χ0n) is 14.4. The number of carboxylic acids is 1. The van der Waals surface area contributed by atoms with Crippen LogP contribution in [0.5, 0.6) is 0 Å². The summed E-state index contributed by atoms with van der Waals surface area (Å²) in [6.07, 6.45) is 1.79. The maximum Gasteiger partial charge on any atom is 0.310 e. The SMILES string of the molecule is CCCNC(=O)C1(c2ccccc2)CCC(C(=O)O)c2ccccc21. The summed E-state index contributed by atoms with van der Waals surface area (Å²) in [5, 5.41) is 12.6. The Morgan fingerprint density at radius 1 is 1.12 bits per heavy atom. The Morgan fingerprint density at radius 3 is 2.48 bits per heavy atom. The van der Waals surface area contributed by atoms with Crippen molar-refractivity contribution in [3.8, 4) is 0 Å². The van der Waals surface area contributed by atoms with E-state index >= 15 is 0 Å². The average Bonchev–Trinajstić information content (AvgIpc) is 2.65. The Kier molecular flexibility index (Phi) is 4.88. The minimum Gasteiger partial charge on any atom is -0.481 e. The predicted molar refractivity (Wildman–Crippen MR) is 96.6 cm³/mol. The van der Waals surface area contributed by atoms with E-state index in [4.69, 9.17) is 0 Å². The number of fused-ring (bicyclic) bond motifs is 1. The van der Waals surface area contributed by atoms with Gasteiger partial charge in [0.1, 0.15) is 0 Å². The van der Waals surface area contributed by atoms with Crippen LogP contribution < -0.4 is 5.32 Å². The molecule has 0 aromatic heterocycles. The number of amides is 1. The summed E-state index contributed by atoms with van der Waals surface area (Å²) in [5.74, 6) is -1.44. The summed E-state index contributed by atoms with van der Waals surface area (Å²) in [7, 11) is 0. The summed E-state index contributed by atoms with van der Waals surface area (Å²) in [4.78, 5) is 25.0. The fourth-order valence-electron chi connectivity index (χ4n) is 3.88. The second-order valence-corrected chi connectivity index (χ2v) is 6.54. The van der Waals surface area contributed by atoms with E-state index in [1.807, 2.05) is 61.5 Å². The van der Waals surface area contributed by atoms with Gasteiger partial charge < -0.3 is 10.4 Å². The summed E-state index contributed by atoms with van der Waals surface area (Å²) in [6.45, 7) is 2.63. The topological polar surface area (TPSA) is 66.4 Å². The molecule has 0 heterocycles. The molecule has 0 spiro atoms. The van der Waals surface area contributed by atoms with Crippen LogP contribution in [0.2, 0.25) is 0 Å². The van der Waals surface area contributed by atoms with Gasteiger partial charge in [0.15, 0.2) is 0 Å². The van der Waals surface area contributed by atoms with Gasteiger partial charge in [-0.15, -0.1) is 0 Å². The largest absolute Gasteiger partial charge is 0.481 e. The molecule has 2 atom stereocenters. The van der Waals surface area contributed by atoms with E-state index in [0.717, 1.165) is 23.1 Å². The van der Waals surface area contributed by atoms with Crippen LogP contribution in [-0.4, -0.2) is 23.5 Å². The van der Waals surface area contributed by atoms with Crippen molar-refractivity contribution < 1.29 is 14.7 Å². The highest BCUT2D eigenvalue weighted by Gasteiger charge is 2.48. The molecule has 1 aliphatic rings. The molecule has 25 heavy (non-hydrogen) atoms. The molecule has 4 nitrogen and oxygen atoms in total. The number of carboxylic acid groups (broad SMARTS) is 1. The molecule has 1 aliphatic carbocycles. The summed E-state index contributed by atoms with van der Waals surface area (Å²) < 4.78 is 0. The van der Waals surface area contributed by atoms with Gasteiger partial charge in [-0.3, -0.25) is 9.59 Å². The molecule has 0 fully saturated rings. The van der Waals surface area contributed by atoms with Gasteiger partial charge >= 0.3 is 5.97 Å². The monoisotopic (exact) mass is 337 g/mol. The molecule has 4 heteroatoms. The van der Waals surface area contributed by atoms with E-state index in [9.17, 15) is 14.7 Å². The number of aliphatic carboxylic acids is 1. The molecule has 0 saturated heterocycles. The molecule has 0 aliphatic heterocycles. The second-order valence-electron chi connectivity index (χ2n) is 6.54. The van der Waals surface area contributed by atoms with Gasteiger partial charge in [0.05, 0.1) is 11.3 Å². The van der Waals surface area contributed by atoms with Crippen molar-refractivity contribution in [1.82, 2.24) is 5.32 Å². The standard InChI is InChI=1S/C21H23NO3/c1-2-14-22-20(25)21(15-8-4-3-5-9-15)13-12-17(19(23)24)16-10-6-7-11-18(16)21/h3-11,17H,2,12-14H2,1H3,(H,22,25)(H,23,24). The molecular weight excluding hydrogens is 314 g/mol. The van der Waals surface area contributed by atoms with Crippen LogP contribution in [0.25, 0.3) is 0 Å². The lowest BCUT2D eigenvalue weighted by atomic mass is 9.62. The van der Waals surface area contributed by atoms with E-state index in [1.54, 1.807) is 0 Å². The number of rotatable bonds is 5.